The number of nitrogens with one attached hydrogen (secondary N) is 1. The van der Waals surface area contributed by atoms with Gasteiger partial charge >= 0.3 is 0 Å². The normalized spacial score (nSPS) is 10.8. The molecule has 0 spiro atoms. The molecule has 0 radical (unpaired) electrons. The average molecular weight is 326 g/mol. The van der Waals surface area contributed by atoms with Crippen molar-refractivity contribution < 1.29 is 0 Å². The molecule has 0 aliphatic heterocycles. The molecule has 1 aromatic carbocycles. The molecule has 2 aromatic rings. The third-order valence-electron chi connectivity index (χ3n) is 2.50. The zero-order valence-electron chi connectivity index (χ0n) is 10.5. The maximum Gasteiger partial charge on any atom is 0.0629 e. The number of rotatable bonds is 5. The van der Waals surface area contributed by atoms with E-state index in [4.69, 9.17) is 0 Å². The number of halogens is 1. The lowest BCUT2D eigenvalue weighted by molar-refractivity contribution is 0.717. The van der Waals surface area contributed by atoms with Crippen molar-refractivity contribution in [3.05, 3.63) is 40.6 Å². The Labute approximate surface area is 120 Å². The first-order valence-corrected chi connectivity index (χ1v) is 7.45. The molecule has 0 saturated heterocycles. The molecule has 96 valence electrons. The molecule has 1 heterocycles. The molecule has 0 saturated carbocycles. The molecule has 1 aromatic heterocycles. The summed E-state index contributed by atoms with van der Waals surface area (Å²) in [5.74, 6) is 0. The maximum atomic E-state index is 4.19. The van der Waals surface area contributed by atoms with Crippen LogP contribution in [-0.2, 0) is 13.6 Å². The molecule has 0 bridgehead atoms. The monoisotopic (exact) mass is 325 g/mol. The van der Waals surface area contributed by atoms with Crippen LogP contribution in [0.1, 0.15) is 12.5 Å². The van der Waals surface area contributed by atoms with Gasteiger partial charge in [0.2, 0.25) is 0 Å². The summed E-state index contributed by atoms with van der Waals surface area (Å²) in [4.78, 5) is 2.43. The van der Waals surface area contributed by atoms with Crippen LogP contribution in [0.15, 0.2) is 44.9 Å². The highest BCUT2D eigenvalue weighted by atomic mass is 79.9. The van der Waals surface area contributed by atoms with Gasteiger partial charge in [0.15, 0.2) is 0 Å². The standard InChI is InChI=1S/C13H16BrN3S/c1-3-15-7-10-6-11(14)4-5-13(10)18-12-8-16-17(2)9-12/h4-6,8-9,15H,3,7H2,1-2H3. The Morgan fingerprint density at radius 2 is 2.28 bits per heavy atom. The second-order valence-corrected chi connectivity index (χ2v) is 6.02. The zero-order chi connectivity index (χ0) is 13.0. The van der Waals surface area contributed by atoms with E-state index in [1.54, 1.807) is 11.8 Å². The van der Waals surface area contributed by atoms with E-state index in [0.29, 0.717) is 0 Å². The number of hydrogen-bond donors (Lipinski definition) is 1. The minimum atomic E-state index is 0.887. The van der Waals surface area contributed by atoms with E-state index in [-0.39, 0.29) is 0 Å². The smallest absolute Gasteiger partial charge is 0.0629 e. The summed E-state index contributed by atoms with van der Waals surface area (Å²) < 4.78 is 2.94. The summed E-state index contributed by atoms with van der Waals surface area (Å²) in [5, 5.41) is 7.56. The van der Waals surface area contributed by atoms with Gasteiger partial charge in [0.25, 0.3) is 0 Å². The molecule has 0 atom stereocenters. The van der Waals surface area contributed by atoms with Gasteiger partial charge in [-0.1, -0.05) is 34.6 Å². The van der Waals surface area contributed by atoms with Crippen LogP contribution >= 0.6 is 27.7 Å². The van der Waals surface area contributed by atoms with Crippen LogP contribution < -0.4 is 5.32 Å². The molecular weight excluding hydrogens is 310 g/mol. The highest BCUT2D eigenvalue weighted by Gasteiger charge is 2.06. The molecular formula is C13H16BrN3S. The van der Waals surface area contributed by atoms with Crippen LogP contribution in [0.2, 0.25) is 0 Å². The van der Waals surface area contributed by atoms with Gasteiger partial charge in [-0.25, -0.2) is 0 Å². The lowest BCUT2D eigenvalue weighted by Gasteiger charge is -2.09. The number of benzene rings is 1. The third-order valence-corrected chi connectivity index (χ3v) is 4.05. The van der Waals surface area contributed by atoms with Gasteiger partial charge in [0, 0.05) is 29.2 Å². The fourth-order valence-electron chi connectivity index (χ4n) is 1.62. The van der Waals surface area contributed by atoms with Gasteiger partial charge in [-0.15, -0.1) is 0 Å². The molecule has 3 nitrogen and oxygen atoms in total. The van der Waals surface area contributed by atoms with Crippen molar-refractivity contribution in [1.29, 1.82) is 0 Å². The molecule has 18 heavy (non-hydrogen) atoms. The Morgan fingerprint density at radius 1 is 1.44 bits per heavy atom. The van der Waals surface area contributed by atoms with Crippen LogP contribution in [0.5, 0.6) is 0 Å². The van der Waals surface area contributed by atoms with E-state index in [9.17, 15) is 0 Å². The Kier molecular flexibility index (Phi) is 4.86. The lowest BCUT2D eigenvalue weighted by atomic mass is 10.2. The van der Waals surface area contributed by atoms with Crippen molar-refractivity contribution in [2.75, 3.05) is 6.54 Å². The minimum Gasteiger partial charge on any atom is -0.313 e. The van der Waals surface area contributed by atoms with Crippen LogP contribution in [0.3, 0.4) is 0 Å². The summed E-state index contributed by atoms with van der Waals surface area (Å²) in [7, 11) is 1.94. The lowest BCUT2D eigenvalue weighted by Crippen LogP contribution is -2.12. The van der Waals surface area contributed by atoms with Crippen LogP contribution in [0.25, 0.3) is 0 Å². The topological polar surface area (TPSA) is 29.9 Å². The third kappa shape index (κ3) is 3.60. The predicted molar refractivity (Wildman–Crippen MR) is 78.9 cm³/mol. The largest absolute Gasteiger partial charge is 0.313 e. The number of aryl methyl sites for hydroxylation is 1. The Bertz CT molecular complexity index is 525. The Hall–Kier alpha value is -0.780. The fraction of sp³-hybridized carbons (Fsp3) is 0.308. The minimum absolute atomic E-state index is 0.887. The van der Waals surface area contributed by atoms with E-state index >= 15 is 0 Å². The summed E-state index contributed by atoms with van der Waals surface area (Å²) >= 11 is 5.27. The quantitative estimate of drug-likeness (QED) is 0.913. The molecule has 0 unspecified atom stereocenters. The number of aromatic nitrogens is 2. The zero-order valence-corrected chi connectivity index (χ0v) is 12.9. The molecule has 0 amide bonds. The first-order chi connectivity index (χ1) is 8.69. The van der Waals surface area contributed by atoms with Gasteiger partial charge < -0.3 is 5.32 Å². The average Bonchev–Trinajstić information content (AvgIpc) is 2.75. The number of hydrogen-bond acceptors (Lipinski definition) is 3. The van der Waals surface area contributed by atoms with E-state index < -0.39 is 0 Å². The molecule has 5 heteroatoms. The van der Waals surface area contributed by atoms with Crippen LogP contribution in [0, 0.1) is 0 Å². The fourth-order valence-corrected chi connectivity index (χ4v) is 2.99. The molecule has 0 aliphatic carbocycles. The van der Waals surface area contributed by atoms with Crippen molar-refractivity contribution in [1.82, 2.24) is 15.1 Å². The van der Waals surface area contributed by atoms with Crippen molar-refractivity contribution in [3.63, 3.8) is 0 Å². The highest BCUT2D eigenvalue weighted by Crippen LogP contribution is 2.31. The molecule has 0 fully saturated rings. The summed E-state index contributed by atoms with van der Waals surface area (Å²) in [6, 6.07) is 6.39. The van der Waals surface area contributed by atoms with Gasteiger partial charge in [0.1, 0.15) is 0 Å². The van der Waals surface area contributed by atoms with E-state index in [0.717, 1.165) is 22.5 Å². The van der Waals surface area contributed by atoms with Crippen molar-refractivity contribution in [3.8, 4) is 0 Å². The summed E-state index contributed by atoms with van der Waals surface area (Å²) in [6.07, 6.45) is 3.92. The van der Waals surface area contributed by atoms with Crippen LogP contribution in [-0.4, -0.2) is 16.3 Å². The molecule has 2 rings (SSSR count). The Balaban J connectivity index is 2.20. The molecule has 1 N–H and O–H groups in total. The summed E-state index contributed by atoms with van der Waals surface area (Å²) in [6.45, 7) is 3.98. The van der Waals surface area contributed by atoms with Gasteiger partial charge in [-0.2, -0.15) is 5.10 Å². The first-order valence-electron chi connectivity index (χ1n) is 5.84. The predicted octanol–water partition coefficient (Wildman–Crippen LogP) is 3.44. The second kappa shape index (κ2) is 6.41. The van der Waals surface area contributed by atoms with Crippen LogP contribution in [0.4, 0.5) is 0 Å². The van der Waals surface area contributed by atoms with Crippen molar-refractivity contribution >= 4 is 27.7 Å². The highest BCUT2D eigenvalue weighted by molar-refractivity contribution is 9.10. The number of nitrogens with zero attached hydrogens (tertiary/aromatic N) is 2. The first kappa shape index (κ1) is 13.6. The van der Waals surface area contributed by atoms with E-state index in [1.165, 1.54) is 10.5 Å². The SMILES string of the molecule is CCNCc1cc(Br)ccc1Sc1cnn(C)c1. The maximum absolute atomic E-state index is 4.19. The molecule has 0 aliphatic rings. The van der Waals surface area contributed by atoms with Crippen molar-refractivity contribution in [2.45, 2.75) is 23.3 Å². The van der Waals surface area contributed by atoms with Gasteiger partial charge in [-0.05, 0) is 30.3 Å². The van der Waals surface area contributed by atoms with E-state index in [2.05, 4.69) is 51.5 Å². The second-order valence-electron chi connectivity index (χ2n) is 3.98. The van der Waals surface area contributed by atoms with Gasteiger partial charge in [0.05, 0.1) is 11.1 Å². The summed E-state index contributed by atoms with van der Waals surface area (Å²) in [5.41, 5.74) is 1.31. The van der Waals surface area contributed by atoms with Crippen molar-refractivity contribution in [2.24, 2.45) is 7.05 Å². The Morgan fingerprint density at radius 3 is 2.94 bits per heavy atom. The van der Waals surface area contributed by atoms with Gasteiger partial charge in [-0.3, -0.25) is 4.68 Å². The van der Waals surface area contributed by atoms with E-state index in [1.807, 2.05) is 24.1 Å².